The molecular weight excluding hydrogens is 382 g/mol. The molecule has 0 aliphatic carbocycles. The lowest BCUT2D eigenvalue weighted by atomic mass is 9.78. The minimum Gasteiger partial charge on any atom is -0.506 e. The molecule has 0 saturated carbocycles. The first-order valence-corrected chi connectivity index (χ1v) is 9.33. The van der Waals surface area contributed by atoms with Crippen molar-refractivity contribution >= 4 is 17.5 Å². The lowest BCUT2D eigenvalue weighted by Crippen LogP contribution is -2.55. The Morgan fingerprint density at radius 1 is 1.31 bits per heavy atom. The van der Waals surface area contributed by atoms with Crippen molar-refractivity contribution in [1.29, 1.82) is 0 Å². The van der Waals surface area contributed by atoms with Gasteiger partial charge in [0, 0.05) is 42.9 Å². The van der Waals surface area contributed by atoms with Gasteiger partial charge in [0.15, 0.2) is 5.78 Å². The average molecular weight is 402 g/mol. The van der Waals surface area contributed by atoms with Crippen LogP contribution < -0.4 is 10.6 Å². The summed E-state index contributed by atoms with van der Waals surface area (Å²) in [4.78, 5) is 30.5. The van der Waals surface area contributed by atoms with Crippen molar-refractivity contribution in [3.63, 3.8) is 0 Å². The first-order valence-electron chi connectivity index (χ1n) is 9.33. The topological polar surface area (TPSA) is 94.6 Å². The summed E-state index contributed by atoms with van der Waals surface area (Å²) in [6.07, 6.45) is 2.56. The molecule has 1 aromatic carbocycles. The van der Waals surface area contributed by atoms with Crippen LogP contribution in [0.5, 0.6) is 5.75 Å². The first-order chi connectivity index (χ1) is 13.9. The molecule has 0 atom stereocenters. The maximum absolute atomic E-state index is 14.2. The fraction of sp³-hybridized carbons (Fsp3) is 0.350. The summed E-state index contributed by atoms with van der Waals surface area (Å²) in [5, 5.41) is 15.5. The lowest BCUT2D eigenvalue weighted by Gasteiger charge is -2.45. The molecule has 3 N–H and O–H groups in total. The number of aromatic nitrogens is 1. The van der Waals surface area contributed by atoms with E-state index in [0.717, 1.165) is 12.1 Å². The number of anilines is 1. The van der Waals surface area contributed by atoms with E-state index in [1.165, 1.54) is 12.3 Å². The van der Waals surface area contributed by atoms with Gasteiger partial charge in [0.05, 0.1) is 12.2 Å². The summed E-state index contributed by atoms with van der Waals surface area (Å²) in [7, 11) is 0. The number of nitrogens with one attached hydrogen (secondary N) is 2. The van der Waals surface area contributed by atoms with E-state index < -0.39 is 17.2 Å². The van der Waals surface area contributed by atoms with E-state index >= 15 is 0 Å². The van der Waals surface area contributed by atoms with E-state index in [4.69, 9.17) is 0 Å². The lowest BCUT2D eigenvalue weighted by molar-refractivity contribution is 0.0914. The first kappa shape index (κ1) is 19.1. The van der Waals surface area contributed by atoms with Crippen LogP contribution in [0, 0.1) is 11.6 Å². The van der Waals surface area contributed by atoms with E-state index in [1.54, 1.807) is 11.0 Å². The van der Waals surface area contributed by atoms with E-state index in [1.807, 2.05) is 0 Å². The number of fused-ring (bicyclic) bond motifs is 1. The van der Waals surface area contributed by atoms with Crippen LogP contribution in [0.4, 0.5) is 19.3 Å². The predicted octanol–water partition coefficient (Wildman–Crippen LogP) is 2.81. The molecule has 3 heterocycles. The molecule has 2 aliphatic heterocycles. The SMILES string of the molecule is O=C1CC2(CCN(C(=O)NCc3ncccc3O)CC2)Nc2c(F)cc(F)cc21. The third-order valence-corrected chi connectivity index (χ3v) is 5.53. The molecule has 1 spiro atoms. The van der Waals surface area contributed by atoms with Crippen molar-refractivity contribution < 1.29 is 23.5 Å². The summed E-state index contributed by atoms with van der Waals surface area (Å²) in [5.74, 6) is -1.87. The Balaban J connectivity index is 1.39. The maximum atomic E-state index is 14.2. The Bertz CT molecular complexity index is 974. The van der Waals surface area contributed by atoms with Crippen molar-refractivity contribution in [2.75, 3.05) is 18.4 Å². The van der Waals surface area contributed by atoms with Crippen molar-refractivity contribution in [3.8, 4) is 5.75 Å². The largest absolute Gasteiger partial charge is 0.506 e. The van der Waals surface area contributed by atoms with Gasteiger partial charge < -0.3 is 20.6 Å². The van der Waals surface area contributed by atoms with E-state index in [9.17, 15) is 23.5 Å². The number of amides is 2. The molecule has 7 nitrogen and oxygen atoms in total. The van der Waals surface area contributed by atoms with Gasteiger partial charge in [-0.2, -0.15) is 0 Å². The highest BCUT2D eigenvalue weighted by Crippen LogP contribution is 2.39. The summed E-state index contributed by atoms with van der Waals surface area (Å²) < 4.78 is 27.6. The molecule has 9 heteroatoms. The zero-order chi connectivity index (χ0) is 20.6. The van der Waals surface area contributed by atoms with Crippen LogP contribution in [-0.4, -0.2) is 45.4 Å². The minimum absolute atomic E-state index is 0.00689. The number of ketones is 1. The average Bonchev–Trinajstić information content (AvgIpc) is 2.69. The molecule has 2 aliphatic rings. The zero-order valence-corrected chi connectivity index (χ0v) is 15.5. The van der Waals surface area contributed by atoms with Crippen LogP contribution in [0.25, 0.3) is 0 Å². The summed E-state index contributed by atoms with van der Waals surface area (Å²) in [6.45, 7) is 0.838. The predicted molar refractivity (Wildman–Crippen MR) is 101 cm³/mol. The number of pyridine rings is 1. The molecule has 29 heavy (non-hydrogen) atoms. The summed E-state index contributed by atoms with van der Waals surface area (Å²) in [6, 6.07) is 4.59. The van der Waals surface area contributed by atoms with Gasteiger partial charge in [0.25, 0.3) is 0 Å². The molecule has 152 valence electrons. The van der Waals surface area contributed by atoms with E-state index in [-0.39, 0.29) is 41.8 Å². The minimum atomic E-state index is -0.789. The van der Waals surface area contributed by atoms with Crippen LogP contribution >= 0.6 is 0 Å². The van der Waals surface area contributed by atoms with Gasteiger partial charge in [-0.3, -0.25) is 9.78 Å². The number of nitrogens with zero attached hydrogens (tertiary/aromatic N) is 2. The van der Waals surface area contributed by atoms with Crippen LogP contribution in [0.15, 0.2) is 30.5 Å². The fourth-order valence-electron chi connectivity index (χ4n) is 3.91. The standard InChI is InChI=1S/C20H20F2N4O3/c21-12-8-13-17(28)10-20(25-18(13)14(22)9-12)3-6-26(7-4-20)19(29)24-11-15-16(27)2-1-5-23-15/h1-2,5,8-9,25,27H,3-4,6-7,10-11H2,(H,24,29). The monoisotopic (exact) mass is 402 g/mol. The fourth-order valence-corrected chi connectivity index (χ4v) is 3.91. The molecule has 2 aromatic rings. The number of likely N-dealkylation sites (tertiary alicyclic amines) is 1. The van der Waals surface area contributed by atoms with Gasteiger partial charge in [0.2, 0.25) is 0 Å². The van der Waals surface area contributed by atoms with Gasteiger partial charge in [-0.25, -0.2) is 13.6 Å². The Morgan fingerprint density at radius 2 is 2.07 bits per heavy atom. The van der Waals surface area contributed by atoms with Crippen molar-refractivity contribution in [2.45, 2.75) is 31.3 Å². The van der Waals surface area contributed by atoms with Gasteiger partial charge in [-0.05, 0) is 31.0 Å². The number of urea groups is 1. The molecule has 0 bridgehead atoms. The number of rotatable bonds is 2. The molecule has 2 amide bonds. The number of hydrogen-bond acceptors (Lipinski definition) is 5. The Morgan fingerprint density at radius 3 is 2.79 bits per heavy atom. The van der Waals surface area contributed by atoms with Crippen molar-refractivity contribution in [2.24, 2.45) is 0 Å². The normalized spacial score (nSPS) is 17.6. The molecule has 1 saturated heterocycles. The van der Waals surface area contributed by atoms with Gasteiger partial charge in [-0.1, -0.05) is 0 Å². The Kier molecular flexibility index (Phi) is 4.81. The smallest absolute Gasteiger partial charge is 0.317 e. The molecule has 0 radical (unpaired) electrons. The second-order valence-electron chi connectivity index (χ2n) is 7.43. The van der Waals surface area contributed by atoms with Crippen LogP contribution in [0.2, 0.25) is 0 Å². The second-order valence-corrected chi connectivity index (χ2v) is 7.43. The number of benzene rings is 1. The van der Waals surface area contributed by atoms with Gasteiger partial charge >= 0.3 is 6.03 Å². The third-order valence-electron chi connectivity index (χ3n) is 5.53. The molecule has 1 fully saturated rings. The zero-order valence-electron chi connectivity index (χ0n) is 15.5. The molecule has 1 aromatic heterocycles. The number of carbonyl (C=O) groups is 2. The van der Waals surface area contributed by atoms with Crippen molar-refractivity contribution in [1.82, 2.24) is 15.2 Å². The Labute approximate surface area is 165 Å². The summed E-state index contributed by atoms with van der Waals surface area (Å²) in [5.41, 5.74) is -0.221. The highest BCUT2D eigenvalue weighted by Gasteiger charge is 2.42. The number of halogens is 2. The number of Topliss-reactive ketones (excluding diaryl/α,β-unsaturated/α-hetero) is 1. The van der Waals surface area contributed by atoms with Gasteiger partial charge in [0.1, 0.15) is 23.1 Å². The highest BCUT2D eigenvalue weighted by molar-refractivity contribution is 6.04. The summed E-state index contributed by atoms with van der Waals surface area (Å²) >= 11 is 0. The van der Waals surface area contributed by atoms with Gasteiger partial charge in [-0.15, -0.1) is 0 Å². The van der Waals surface area contributed by atoms with E-state index in [0.29, 0.717) is 31.6 Å². The quantitative estimate of drug-likeness (QED) is 0.718. The van der Waals surface area contributed by atoms with E-state index in [2.05, 4.69) is 15.6 Å². The number of hydrogen-bond donors (Lipinski definition) is 3. The number of aromatic hydroxyl groups is 1. The molecule has 4 rings (SSSR count). The maximum Gasteiger partial charge on any atom is 0.317 e. The Hall–Kier alpha value is -3.23. The van der Waals surface area contributed by atoms with Crippen molar-refractivity contribution in [3.05, 3.63) is 53.4 Å². The third kappa shape index (κ3) is 3.72. The molecule has 0 unspecified atom stereocenters. The highest BCUT2D eigenvalue weighted by atomic mass is 19.1. The molecular formula is C20H20F2N4O3. The van der Waals surface area contributed by atoms with Crippen LogP contribution in [0.3, 0.4) is 0 Å². The van der Waals surface area contributed by atoms with Crippen LogP contribution in [0.1, 0.15) is 35.3 Å². The number of carbonyl (C=O) groups excluding carboxylic acids is 2. The number of piperidine rings is 1. The van der Waals surface area contributed by atoms with Crippen LogP contribution in [-0.2, 0) is 6.54 Å². The second kappa shape index (κ2) is 7.31.